The van der Waals surface area contributed by atoms with Gasteiger partial charge in [0.1, 0.15) is 0 Å². The second-order valence-electron chi connectivity index (χ2n) is 5.36. The summed E-state index contributed by atoms with van der Waals surface area (Å²) < 4.78 is 0. The number of aromatic nitrogens is 1. The van der Waals surface area contributed by atoms with E-state index >= 15 is 0 Å². The molecule has 0 radical (unpaired) electrons. The van der Waals surface area contributed by atoms with E-state index in [0.717, 1.165) is 11.1 Å². The standard InChI is InChI=1S/C18H13N3O2/c19-12-8-4-7-11(9-12)16-14-13(17(22)21-16)15(20-18(14)23)10-5-2-1-3-6-10/h1-9,21-22H,19H2. The number of aliphatic imine (C=N–C) groups is 1. The second-order valence-corrected chi connectivity index (χ2v) is 5.36. The van der Waals surface area contributed by atoms with Crippen LogP contribution in [0.5, 0.6) is 5.88 Å². The summed E-state index contributed by atoms with van der Waals surface area (Å²) in [5.41, 5.74) is 9.75. The molecule has 5 heteroatoms. The van der Waals surface area contributed by atoms with Crippen LogP contribution >= 0.6 is 0 Å². The lowest BCUT2D eigenvalue weighted by atomic mass is 10.00. The fourth-order valence-corrected chi connectivity index (χ4v) is 2.86. The first-order valence-electron chi connectivity index (χ1n) is 7.15. The van der Waals surface area contributed by atoms with E-state index < -0.39 is 0 Å². The Balaban J connectivity index is 1.92. The van der Waals surface area contributed by atoms with Gasteiger partial charge in [-0.05, 0) is 12.1 Å². The van der Waals surface area contributed by atoms with E-state index in [1.54, 1.807) is 18.2 Å². The normalized spacial score (nSPS) is 13.0. The third-order valence-corrected chi connectivity index (χ3v) is 3.87. The molecule has 0 saturated carbocycles. The molecule has 0 bridgehead atoms. The highest BCUT2D eigenvalue weighted by Gasteiger charge is 2.33. The molecule has 2 aromatic carbocycles. The number of H-pyrrole nitrogens is 1. The van der Waals surface area contributed by atoms with Gasteiger partial charge in [0.2, 0.25) is 0 Å². The molecule has 0 aliphatic carbocycles. The molecule has 2 heterocycles. The van der Waals surface area contributed by atoms with E-state index in [1.807, 2.05) is 36.4 Å². The first kappa shape index (κ1) is 13.3. The summed E-state index contributed by atoms with van der Waals surface area (Å²) in [6, 6.07) is 16.5. The molecule has 112 valence electrons. The minimum absolute atomic E-state index is 0.0640. The zero-order chi connectivity index (χ0) is 16.0. The van der Waals surface area contributed by atoms with Gasteiger partial charge in [-0.25, -0.2) is 4.99 Å². The number of nitrogen functional groups attached to an aromatic ring is 1. The van der Waals surface area contributed by atoms with Crippen LogP contribution in [-0.2, 0) is 0 Å². The number of nitrogens with zero attached hydrogens (tertiary/aromatic N) is 1. The maximum atomic E-state index is 12.4. The van der Waals surface area contributed by atoms with E-state index in [-0.39, 0.29) is 11.8 Å². The molecule has 4 N–H and O–H groups in total. The van der Waals surface area contributed by atoms with E-state index in [4.69, 9.17) is 5.73 Å². The fraction of sp³-hybridized carbons (Fsp3) is 0. The van der Waals surface area contributed by atoms with Crippen molar-refractivity contribution in [1.29, 1.82) is 0 Å². The molecular formula is C18H13N3O2. The molecule has 4 rings (SSSR count). The van der Waals surface area contributed by atoms with Crippen molar-refractivity contribution in [2.24, 2.45) is 4.99 Å². The van der Waals surface area contributed by atoms with Gasteiger partial charge in [-0.2, -0.15) is 0 Å². The van der Waals surface area contributed by atoms with E-state index in [1.165, 1.54) is 0 Å². The summed E-state index contributed by atoms with van der Waals surface area (Å²) in [5.74, 6) is -0.432. The van der Waals surface area contributed by atoms with Gasteiger partial charge in [0.15, 0.2) is 5.88 Å². The van der Waals surface area contributed by atoms with Crippen molar-refractivity contribution >= 4 is 17.3 Å². The number of carbonyl (C=O) groups excluding carboxylic acids is 1. The molecule has 0 fully saturated rings. The van der Waals surface area contributed by atoms with Crippen LogP contribution in [0.15, 0.2) is 59.6 Å². The van der Waals surface area contributed by atoms with Crippen LogP contribution in [0.2, 0.25) is 0 Å². The molecule has 1 amide bonds. The predicted molar refractivity (Wildman–Crippen MR) is 88.7 cm³/mol. The summed E-state index contributed by atoms with van der Waals surface area (Å²) in [4.78, 5) is 19.4. The molecule has 3 aromatic rings. The molecule has 23 heavy (non-hydrogen) atoms. The fourth-order valence-electron chi connectivity index (χ4n) is 2.86. The third kappa shape index (κ3) is 2.02. The molecular weight excluding hydrogens is 290 g/mol. The molecule has 1 aliphatic rings. The number of nitrogens with one attached hydrogen (secondary N) is 1. The molecule has 0 unspecified atom stereocenters. The lowest BCUT2D eigenvalue weighted by Gasteiger charge is -2.01. The van der Waals surface area contributed by atoms with Gasteiger partial charge >= 0.3 is 0 Å². The summed E-state index contributed by atoms with van der Waals surface area (Å²) in [6.07, 6.45) is 0. The summed E-state index contributed by atoms with van der Waals surface area (Å²) in [5, 5.41) is 10.3. The van der Waals surface area contributed by atoms with Crippen molar-refractivity contribution in [2.45, 2.75) is 0 Å². The monoisotopic (exact) mass is 303 g/mol. The van der Waals surface area contributed by atoms with Crippen molar-refractivity contribution in [2.75, 3.05) is 5.73 Å². The van der Waals surface area contributed by atoms with Gasteiger partial charge in [0.25, 0.3) is 5.91 Å². The second kappa shape index (κ2) is 4.84. The van der Waals surface area contributed by atoms with Crippen LogP contribution in [-0.4, -0.2) is 21.7 Å². The Morgan fingerprint density at radius 3 is 2.43 bits per heavy atom. The number of fused-ring (bicyclic) bond motifs is 1. The highest BCUT2D eigenvalue weighted by atomic mass is 16.3. The van der Waals surface area contributed by atoms with Crippen molar-refractivity contribution in [3.05, 3.63) is 71.3 Å². The number of benzene rings is 2. The Morgan fingerprint density at radius 1 is 0.957 bits per heavy atom. The van der Waals surface area contributed by atoms with Gasteiger partial charge < -0.3 is 15.8 Å². The van der Waals surface area contributed by atoms with Gasteiger partial charge in [-0.15, -0.1) is 0 Å². The van der Waals surface area contributed by atoms with Crippen LogP contribution in [0, 0.1) is 0 Å². The zero-order valence-corrected chi connectivity index (χ0v) is 12.1. The van der Waals surface area contributed by atoms with Gasteiger partial charge in [-0.3, -0.25) is 4.79 Å². The topological polar surface area (TPSA) is 91.5 Å². The lowest BCUT2D eigenvalue weighted by Crippen LogP contribution is -1.99. The van der Waals surface area contributed by atoms with E-state index in [0.29, 0.717) is 28.2 Å². The van der Waals surface area contributed by atoms with Crippen molar-refractivity contribution in [1.82, 2.24) is 4.98 Å². The number of nitrogens with two attached hydrogens (primary N) is 1. The van der Waals surface area contributed by atoms with Crippen molar-refractivity contribution < 1.29 is 9.90 Å². The van der Waals surface area contributed by atoms with E-state index in [2.05, 4.69) is 9.98 Å². The number of anilines is 1. The zero-order valence-electron chi connectivity index (χ0n) is 12.1. The third-order valence-electron chi connectivity index (χ3n) is 3.87. The van der Waals surface area contributed by atoms with Crippen molar-refractivity contribution in [3.8, 4) is 17.1 Å². The van der Waals surface area contributed by atoms with Crippen LogP contribution in [0.25, 0.3) is 11.3 Å². The quantitative estimate of drug-likeness (QED) is 0.636. The van der Waals surface area contributed by atoms with Gasteiger partial charge in [0, 0.05) is 16.8 Å². The highest BCUT2D eigenvalue weighted by molar-refractivity contribution is 6.30. The first-order chi connectivity index (χ1) is 11.1. The maximum absolute atomic E-state index is 12.4. The van der Waals surface area contributed by atoms with Crippen LogP contribution in [0.4, 0.5) is 5.69 Å². The Labute approximate surface area is 132 Å². The average molecular weight is 303 g/mol. The number of rotatable bonds is 2. The average Bonchev–Trinajstić information content (AvgIpc) is 3.08. The first-order valence-corrected chi connectivity index (χ1v) is 7.15. The number of hydrogen-bond donors (Lipinski definition) is 3. The van der Waals surface area contributed by atoms with Crippen LogP contribution in [0.1, 0.15) is 21.5 Å². The largest absolute Gasteiger partial charge is 0.494 e. The number of hydrogen-bond acceptors (Lipinski definition) is 3. The molecule has 1 aromatic heterocycles. The summed E-state index contributed by atoms with van der Waals surface area (Å²) >= 11 is 0. The number of aromatic hydroxyl groups is 1. The highest BCUT2D eigenvalue weighted by Crippen LogP contribution is 2.38. The summed E-state index contributed by atoms with van der Waals surface area (Å²) in [7, 11) is 0. The molecule has 0 saturated heterocycles. The lowest BCUT2D eigenvalue weighted by molar-refractivity contribution is 0.101. The minimum Gasteiger partial charge on any atom is -0.494 e. The number of aromatic amines is 1. The number of carbonyl (C=O) groups is 1. The maximum Gasteiger partial charge on any atom is 0.280 e. The minimum atomic E-state index is -0.368. The Kier molecular flexibility index (Phi) is 2.81. The molecule has 0 atom stereocenters. The molecule has 1 aliphatic heterocycles. The Morgan fingerprint density at radius 2 is 1.70 bits per heavy atom. The Hall–Kier alpha value is -3.34. The van der Waals surface area contributed by atoms with Gasteiger partial charge in [-0.1, -0.05) is 42.5 Å². The van der Waals surface area contributed by atoms with Crippen LogP contribution < -0.4 is 5.73 Å². The van der Waals surface area contributed by atoms with Gasteiger partial charge in [0.05, 0.1) is 22.5 Å². The van der Waals surface area contributed by atoms with Crippen LogP contribution in [0.3, 0.4) is 0 Å². The Bertz CT molecular complexity index is 956. The molecule has 5 nitrogen and oxygen atoms in total. The predicted octanol–water partition coefficient (Wildman–Crippen LogP) is 2.96. The molecule has 0 spiro atoms. The number of amides is 1. The SMILES string of the molecule is Nc1cccc(-c2[nH]c(O)c3c2C(=O)N=C3c2ccccc2)c1. The van der Waals surface area contributed by atoms with Crippen molar-refractivity contribution in [3.63, 3.8) is 0 Å². The smallest absolute Gasteiger partial charge is 0.280 e. The summed E-state index contributed by atoms with van der Waals surface area (Å²) in [6.45, 7) is 0. The van der Waals surface area contributed by atoms with E-state index in [9.17, 15) is 9.90 Å².